The second-order valence-electron chi connectivity index (χ2n) is 5.80. The largest absolute Gasteiger partial charge is 1.00 e. The first kappa shape index (κ1) is 24.8. The first-order chi connectivity index (χ1) is 9.38. The molecule has 0 saturated heterocycles. The van der Waals surface area contributed by atoms with E-state index < -0.39 is 15.4 Å². The van der Waals surface area contributed by atoms with Crippen LogP contribution in [0.1, 0.15) is 84.5 Å². The Morgan fingerprint density at radius 2 is 1.38 bits per heavy atom. The van der Waals surface area contributed by atoms with E-state index in [9.17, 15) is 18.1 Å². The summed E-state index contributed by atoms with van der Waals surface area (Å²) in [6.45, 7) is 3.64. The van der Waals surface area contributed by atoms with Crippen molar-refractivity contribution in [2.45, 2.75) is 95.8 Å². The van der Waals surface area contributed by atoms with Crippen LogP contribution in [0, 0.1) is 0 Å². The van der Waals surface area contributed by atoms with Crippen LogP contribution in [0.4, 0.5) is 0 Å². The number of hydrogen-bond donors (Lipinski definition) is 1. The summed E-state index contributed by atoms with van der Waals surface area (Å²) in [7, 11) is -4.16. The van der Waals surface area contributed by atoms with Gasteiger partial charge in [0.15, 0.2) is 0 Å². The van der Waals surface area contributed by atoms with Gasteiger partial charge >= 0.3 is 51.4 Å². The van der Waals surface area contributed by atoms with Gasteiger partial charge in [-0.05, 0) is 32.6 Å². The predicted molar refractivity (Wildman–Crippen MR) is 81.6 cm³/mol. The fourth-order valence-corrected chi connectivity index (χ4v) is 2.72. The molecule has 0 spiro atoms. The Balaban J connectivity index is 0. The van der Waals surface area contributed by atoms with Crippen molar-refractivity contribution in [3.63, 3.8) is 0 Å². The topological polar surface area (TPSA) is 77.4 Å². The van der Waals surface area contributed by atoms with Crippen molar-refractivity contribution in [2.24, 2.45) is 0 Å². The second kappa shape index (κ2) is 15.1. The zero-order valence-electron chi connectivity index (χ0n) is 14.0. The summed E-state index contributed by atoms with van der Waals surface area (Å²) in [5.41, 5.74) is 0. The van der Waals surface area contributed by atoms with Crippen LogP contribution in [0.15, 0.2) is 0 Å². The van der Waals surface area contributed by atoms with E-state index >= 15 is 0 Å². The molecule has 2 unspecified atom stereocenters. The van der Waals surface area contributed by atoms with E-state index in [1.807, 2.05) is 0 Å². The molecule has 122 valence electrons. The van der Waals surface area contributed by atoms with Crippen LogP contribution in [0.25, 0.3) is 0 Å². The van der Waals surface area contributed by atoms with E-state index in [1.54, 1.807) is 0 Å². The molecule has 0 radical (unpaired) electrons. The molecule has 0 bridgehead atoms. The van der Waals surface area contributed by atoms with Crippen molar-refractivity contribution in [1.82, 2.24) is 0 Å². The van der Waals surface area contributed by atoms with Crippen LogP contribution in [-0.4, -0.2) is 29.4 Å². The minimum Gasteiger partial charge on any atom is -0.748 e. The molecule has 1 N–H and O–H groups in total. The maximum Gasteiger partial charge on any atom is 1.00 e. The van der Waals surface area contributed by atoms with Crippen LogP contribution in [-0.2, 0) is 10.1 Å². The van der Waals surface area contributed by atoms with E-state index in [4.69, 9.17) is 0 Å². The van der Waals surface area contributed by atoms with Gasteiger partial charge in [-0.2, -0.15) is 0 Å². The van der Waals surface area contributed by atoms with Crippen molar-refractivity contribution >= 4 is 10.1 Å². The maximum absolute atomic E-state index is 10.7. The van der Waals surface area contributed by atoms with Gasteiger partial charge in [-0.25, -0.2) is 8.42 Å². The van der Waals surface area contributed by atoms with Crippen LogP contribution in [0.2, 0.25) is 0 Å². The second-order valence-corrected chi connectivity index (χ2v) is 7.59. The van der Waals surface area contributed by atoms with Gasteiger partial charge in [-0.3, -0.25) is 0 Å². The third-order valence-electron chi connectivity index (χ3n) is 3.78. The molecule has 0 amide bonds. The van der Waals surface area contributed by atoms with Gasteiger partial charge in [0.2, 0.25) is 0 Å². The molecule has 0 fully saturated rings. The summed E-state index contributed by atoms with van der Waals surface area (Å²) in [4.78, 5) is 0. The van der Waals surface area contributed by atoms with Crippen molar-refractivity contribution in [3.05, 3.63) is 0 Å². The molecule has 0 aliphatic carbocycles. The molecule has 0 rings (SSSR count). The van der Waals surface area contributed by atoms with Gasteiger partial charge < -0.3 is 9.66 Å². The molecular formula is C15H31KO4S. The number of aliphatic hydroxyl groups is 1. The monoisotopic (exact) mass is 346 g/mol. The molecule has 21 heavy (non-hydrogen) atoms. The van der Waals surface area contributed by atoms with Gasteiger partial charge in [0.05, 0.1) is 16.2 Å². The Hall–Kier alpha value is 1.51. The molecule has 0 aromatic carbocycles. The Kier molecular flexibility index (Phi) is 17.8. The maximum atomic E-state index is 10.7. The van der Waals surface area contributed by atoms with Crippen molar-refractivity contribution < 1.29 is 69.5 Å². The predicted octanol–water partition coefficient (Wildman–Crippen LogP) is 0.596. The summed E-state index contributed by atoms with van der Waals surface area (Å²) in [5.74, 6) is 0. The molecule has 0 aliphatic rings. The smallest absolute Gasteiger partial charge is 0.748 e. The first-order valence-electron chi connectivity index (χ1n) is 8.00. The average molecular weight is 347 g/mol. The minimum absolute atomic E-state index is 0. The number of aliphatic hydroxyl groups excluding tert-OH is 1. The van der Waals surface area contributed by atoms with E-state index in [0.29, 0.717) is 19.3 Å². The van der Waals surface area contributed by atoms with E-state index in [0.717, 1.165) is 19.3 Å². The standard InChI is InChI=1S/C15H32O4S.K/c1-3-4-5-6-7-8-9-12-15(16)13-10-11-14(2)20(17,18)19;/h14-16H,3-13H2,1-2H3,(H,17,18,19);/q;+1/p-1. The van der Waals surface area contributed by atoms with Crippen molar-refractivity contribution in [2.75, 3.05) is 0 Å². The number of rotatable bonds is 13. The summed E-state index contributed by atoms with van der Waals surface area (Å²) < 4.78 is 32.1. The van der Waals surface area contributed by atoms with Gasteiger partial charge in [0, 0.05) is 5.25 Å². The molecule has 0 aromatic rings. The van der Waals surface area contributed by atoms with Gasteiger partial charge in [-0.1, -0.05) is 51.9 Å². The molecule has 4 nitrogen and oxygen atoms in total. The fourth-order valence-electron chi connectivity index (χ4n) is 2.27. The summed E-state index contributed by atoms with van der Waals surface area (Å²) in [5, 5.41) is 8.94. The van der Waals surface area contributed by atoms with Crippen molar-refractivity contribution in [1.29, 1.82) is 0 Å². The molecule has 6 heteroatoms. The Labute approximate surface area is 173 Å². The van der Waals surface area contributed by atoms with E-state index in [1.165, 1.54) is 39.0 Å². The van der Waals surface area contributed by atoms with E-state index in [-0.39, 0.29) is 57.5 Å². The Morgan fingerprint density at radius 1 is 0.905 bits per heavy atom. The minimum atomic E-state index is -4.16. The van der Waals surface area contributed by atoms with Gasteiger partial charge in [0.1, 0.15) is 0 Å². The van der Waals surface area contributed by atoms with Crippen LogP contribution in [0.5, 0.6) is 0 Å². The summed E-state index contributed by atoms with van der Waals surface area (Å²) >= 11 is 0. The van der Waals surface area contributed by atoms with Crippen LogP contribution in [0.3, 0.4) is 0 Å². The van der Waals surface area contributed by atoms with Gasteiger partial charge in [-0.15, -0.1) is 0 Å². The molecule has 0 aliphatic heterocycles. The SMILES string of the molecule is CCCCCCCCCC(O)CCCC(C)S(=O)(=O)[O-].[K+]. The molecule has 2 atom stereocenters. The Morgan fingerprint density at radius 3 is 1.90 bits per heavy atom. The van der Waals surface area contributed by atoms with Gasteiger partial charge in [0.25, 0.3) is 0 Å². The third kappa shape index (κ3) is 16.2. The first-order valence-corrected chi connectivity index (χ1v) is 9.47. The molecule has 0 heterocycles. The Bertz CT molecular complexity index is 320. The average Bonchev–Trinajstić information content (AvgIpc) is 2.36. The molecule has 0 saturated carbocycles. The number of hydrogen-bond acceptors (Lipinski definition) is 4. The molecule has 0 aromatic heterocycles. The zero-order valence-corrected chi connectivity index (χ0v) is 18.0. The fraction of sp³-hybridized carbons (Fsp3) is 1.00. The number of unbranched alkanes of at least 4 members (excludes halogenated alkanes) is 6. The quantitative estimate of drug-likeness (QED) is 0.301. The summed E-state index contributed by atoms with van der Waals surface area (Å²) in [6.07, 6.45) is 10.5. The van der Waals surface area contributed by atoms with Crippen molar-refractivity contribution in [3.8, 4) is 0 Å². The van der Waals surface area contributed by atoms with E-state index in [2.05, 4.69) is 6.92 Å². The zero-order chi connectivity index (χ0) is 15.4. The normalized spacial score (nSPS) is 14.5. The van der Waals surface area contributed by atoms with Crippen LogP contribution < -0.4 is 51.4 Å². The summed E-state index contributed by atoms with van der Waals surface area (Å²) in [6, 6.07) is 0. The van der Waals surface area contributed by atoms with Crippen LogP contribution >= 0.6 is 0 Å². The third-order valence-corrected chi connectivity index (χ3v) is 5.00. The molecular weight excluding hydrogens is 315 g/mol.